The molecule has 1 amide bonds. The SMILES string of the molecule is O=C(NC1CC1)C1CCCN(c2nc3ncn(Cc4nc(-c5cccc(F)c5)no4)c(=O)c3s2)C1. The Kier molecular flexibility index (Phi) is 5.51. The van der Waals surface area contributed by atoms with Crippen molar-refractivity contribution in [3.05, 3.63) is 52.7 Å². The second-order valence-corrected chi connectivity index (χ2v) is 9.89. The number of carbonyl (C=O) groups is 1. The predicted octanol–water partition coefficient (Wildman–Crippen LogP) is 2.59. The van der Waals surface area contributed by atoms with Crippen LogP contribution in [0.15, 0.2) is 39.9 Å². The topological polar surface area (TPSA) is 119 Å². The summed E-state index contributed by atoms with van der Waals surface area (Å²) in [7, 11) is 0. The Bertz CT molecular complexity index is 1460. The van der Waals surface area contributed by atoms with Gasteiger partial charge in [-0.3, -0.25) is 14.2 Å². The molecule has 0 bridgehead atoms. The number of benzene rings is 1. The fourth-order valence-electron chi connectivity index (χ4n) is 4.20. The van der Waals surface area contributed by atoms with Gasteiger partial charge < -0.3 is 14.7 Å². The molecule has 1 aliphatic heterocycles. The summed E-state index contributed by atoms with van der Waals surface area (Å²) in [4.78, 5) is 40.9. The van der Waals surface area contributed by atoms with Crippen molar-refractivity contribution in [3.8, 4) is 11.4 Å². The Labute approximate surface area is 202 Å². The quantitative estimate of drug-likeness (QED) is 0.434. The second kappa shape index (κ2) is 8.84. The van der Waals surface area contributed by atoms with Crippen LogP contribution in [-0.4, -0.2) is 49.7 Å². The number of amides is 1. The van der Waals surface area contributed by atoms with Crippen LogP contribution in [0.2, 0.25) is 0 Å². The van der Waals surface area contributed by atoms with Crippen molar-refractivity contribution >= 4 is 32.7 Å². The van der Waals surface area contributed by atoms with Crippen molar-refractivity contribution in [2.75, 3.05) is 18.0 Å². The number of aromatic nitrogens is 5. The summed E-state index contributed by atoms with van der Waals surface area (Å²) >= 11 is 1.28. The number of thiazole rings is 1. The molecule has 1 aromatic carbocycles. The molecule has 12 heteroatoms. The monoisotopic (exact) mass is 495 g/mol. The summed E-state index contributed by atoms with van der Waals surface area (Å²) in [5.74, 6) is 0.0795. The van der Waals surface area contributed by atoms with E-state index in [1.54, 1.807) is 12.1 Å². The molecule has 1 N–H and O–H groups in total. The highest BCUT2D eigenvalue weighted by atomic mass is 32.1. The fraction of sp³-hybridized carbons (Fsp3) is 0.391. The highest BCUT2D eigenvalue weighted by molar-refractivity contribution is 7.22. The van der Waals surface area contributed by atoms with Gasteiger partial charge in [0, 0.05) is 24.7 Å². The summed E-state index contributed by atoms with van der Waals surface area (Å²) in [6.07, 6.45) is 5.28. The first-order valence-corrected chi connectivity index (χ1v) is 12.3. The van der Waals surface area contributed by atoms with Crippen molar-refractivity contribution in [2.45, 2.75) is 38.3 Å². The molecule has 1 saturated heterocycles. The lowest BCUT2D eigenvalue weighted by molar-refractivity contribution is -0.125. The number of nitrogens with zero attached hydrogens (tertiary/aromatic N) is 6. The standard InChI is InChI=1S/C23H22FN7O3S/c24-15-5-1-3-13(9-15)19-27-17(34-29-19)11-31-12-25-20-18(22(31)33)35-23(28-20)30-8-2-4-14(10-30)21(32)26-16-6-7-16/h1,3,5,9,12,14,16H,2,4,6-8,10-11H2,(H,26,32). The van der Waals surface area contributed by atoms with Crippen LogP contribution in [-0.2, 0) is 11.3 Å². The molecule has 1 aliphatic carbocycles. The van der Waals surface area contributed by atoms with Crippen molar-refractivity contribution in [2.24, 2.45) is 5.92 Å². The lowest BCUT2D eigenvalue weighted by Gasteiger charge is -2.31. The van der Waals surface area contributed by atoms with E-state index >= 15 is 0 Å². The molecule has 4 heterocycles. The van der Waals surface area contributed by atoms with Crippen LogP contribution < -0.4 is 15.8 Å². The molecule has 0 spiro atoms. The highest BCUT2D eigenvalue weighted by Gasteiger charge is 2.31. The number of halogens is 1. The van der Waals surface area contributed by atoms with E-state index in [2.05, 4.69) is 30.3 Å². The summed E-state index contributed by atoms with van der Waals surface area (Å²) in [6, 6.07) is 6.23. The number of hydrogen-bond donors (Lipinski definition) is 1. The molecular weight excluding hydrogens is 473 g/mol. The largest absolute Gasteiger partial charge is 0.353 e. The molecular formula is C23H22FN7O3S. The predicted molar refractivity (Wildman–Crippen MR) is 127 cm³/mol. The van der Waals surface area contributed by atoms with E-state index in [1.165, 1.54) is 34.4 Å². The van der Waals surface area contributed by atoms with Gasteiger partial charge in [-0.15, -0.1) is 0 Å². The molecule has 35 heavy (non-hydrogen) atoms. The Morgan fingerprint density at radius 2 is 2.14 bits per heavy atom. The third-order valence-corrected chi connectivity index (χ3v) is 7.31. The number of carbonyl (C=O) groups excluding carboxylic acids is 1. The van der Waals surface area contributed by atoms with Gasteiger partial charge in [0.15, 0.2) is 10.8 Å². The van der Waals surface area contributed by atoms with Gasteiger partial charge in [0.1, 0.15) is 23.4 Å². The molecule has 4 aromatic rings. The van der Waals surface area contributed by atoms with Crippen LogP contribution in [0.1, 0.15) is 31.6 Å². The summed E-state index contributed by atoms with van der Waals surface area (Å²) in [5, 5.41) is 7.67. The van der Waals surface area contributed by atoms with E-state index < -0.39 is 5.82 Å². The highest BCUT2D eigenvalue weighted by Crippen LogP contribution is 2.30. The maximum absolute atomic E-state index is 13.5. The van der Waals surface area contributed by atoms with Crippen molar-refractivity contribution in [1.82, 2.24) is 30.0 Å². The number of anilines is 1. The molecule has 2 fully saturated rings. The van der Waals surface area contributed by atoms with E-state index in [9.17, 15) is 14.0 Å². The smallest absolute Gasteiger partial charge is 0.273 e. The van der Waals surface area contributed by atoms with Gasteiger partial charge >= 0.3 is 0 Å². The first-order valence-electron chi connectivity index (χ1n) is 11.5. The molecule has 1 saturated carbocycles. The molecule has 1 atom stereocenters. The van der Waals surface area contributed by atoms with Crippen molar-refractivity contribution in [3.63, 3.8) is 0 Å². The summed E-state index contributed by atoms with van der Waals surface area (Å²) < 4.78 is 20.6. The lowest BCUT2D eigenvalue weighted by atomic mass is 9.97. The number of rotatable bonds is 6. The van der Waals surface area contributed by atoms with Gasteiger partial charge in [-0.2, -0.15) is 9.97 Å². The normalized spacial score (nSPS) is 18.2. The maximum Gasteiger partial charge on any atom is 0.273 e. The lowest BCUT2D eigenvalue weighted by Crippen LogP contribution is -2.43. The van der Waals surface area contributed by atoms with E-state index in [4.69, 9.17) is 4.52 Å². The van der Waals surface area contributed by atoms with Gasteiger partial charge in [0.2, 0.25) is 17.6 Å². The van der Waals surface area contributed by atoms with E-state index in [1.807, 2.05) is 0 Å². The van der Waals surface area contributed by atoms with Crippen LogP contribution >= 0.6 is 11.3 Å². The van der Waals surface area contributed by atoms with Crippen LogP contribution in [0.4, 0.5) is 9.52 Å². The number of fused-ring (bicyclic) bond motifs is 1. The van der Waals surface area contributed by atoms with Crippen molar-refractivity contribution in [1.29, 1.82) is 0 Å². The Balaban J connectivity index is 1.20. The van der Waals surface area contributed by atoms with Crippen LogP contribution in [0.25, 0.3) is 21.7 Å². The average Bonchev–Trinajstić information content (AvgIpc) is 3.37. The number of hydrogen-bond acceptors (Lipinski definition) is 9. The second-order valence-electron chi connectivity index (χ2n) is 8.92. The zero-order chi connectivity index (χ0) is 23.9. The van der Waals surface area contributed by atoms with Crippen LogP contribution in [0.5, 0.6) is 0 Å². The summed E-state index contributed by atoms with van der Waals surface area (Å²) in [6.45, 7) is 1.40. The first kappa shape index (κ1) is 21.8. The number of nitrogens with one attached hydrogen (secondary N) is 1. The number of piperidine rings is 1. The molecule has 180 valence electrons. The van der Waals surface area contributed by atoms with Gasteiger partial charge in [0.25, 0.3) is 5.56 Å². The third kappa shape index (κ3) is 4.53. The van der Waals surface area contributed by atoms with E-state index in [0.717, 1.165) is 32.2 Å². The minimum absolute atomic E-state index is 0.0322. The van der Waals surface area contributed by atoms with Gasteiger partial charge in [-0.1, -0.05) is 28.6 Å². The Morgan fingerprint density at radius 3 is 2.97 bits per heavy atom. The first-order chi connectivity index (χ1) is 17.0. The van der Waals surface area contributed by atoms with Crippen LogP contribution in [0, 0.1) is 11.7 Å². The minimum atomic E-state index is -0.399. The molecule has 0 radical (unpaired) electrons. The third-order valence-electron chi connectivity index (χ3n) is 6.22. The molecule has 3 aromatic heterocycles. The fourth-order valence-corrected chi connectivity index (χ4v) is 5.21. The van der Waals surface area contributed by atoms with E-state index in [0.29, 0.717) is 33.6 Å². The molecule has 1 unspecified atom stereocenters. The van der Waals surface area contributed by atoms with Gasteiger partial charge in [0.05, 0.1) is 5.92 Å². The van der Waals surface area contributed by atoms with Crippen molar-refractivity contribution < 1.29 is 13.7 Å². The zero-order valence-electron chi connectivity index (χ0n) is 18.7. The van der Waals surface area contributed by atoms with E-state index in [-0.39, 0.29) is 35.6 Å². The Hall–Kier alpha value is -3.67. The zero-order valence-corrected chi connectivity index (χ0v) is 19.5. The van der Waals surface area contributed by atoms with Crippen LogP contribution in [0.3, 0.4) is 0 Å². The Morgan fingerprint density at radius 1 is 1.26 bits per heavy atom. The molecule has 6 rings (SSSR count). The van der Waals surface area contributed by atoms with Gasteiger partial charge in [-0.05, 0) is 37.8 Å². The minimum Gasteiger partial charge on any atom is -0.353 e. The molecule has 10 nitrogen and oxygen atoms in total. The average molecular weight is 496 g/mol. The van der Waals surface area contributed by atoms with Gasteiger partial charge in [-0.25, -0.2) is 9.37 Å². The summed E-state index contributed by atoms with van der Waals surface area (Å²) in [5.41, 5.74) is 0.602. The maximum atomic E-state index is 13.5. The molecule has 2 aliphatic rings.